The molecule has 132 valence electrons. The van der Waals surface area contributed by atoms with E-state index in [-0.39, 0.29) is 5.91 Å². The Labute approximate surface area is 148 Å². The van der Waals surface area contributed by atoms with Crippen molar-refractivity contribution < 1.29 is 19.0 Å². The van der Waals surface area contributed by atoms with Crippen molar-refractivity contribution in [2.75, 3.05) is 25.1 Å². The molecule has 1 N–H and O–H groups in total. The maximum Gasteiger partial charge on any atom is 0.259 e. The Morgan fingerprint density at radius 2 is 1.80 bits per heavy atom. The van der Waals surface area contributed by atoms with E-state index in [1.54, 1.807) is 36.4 Å². The summed E-state index contributed by atoms with van der Waals surface area (Å²) in [5, 5.41) is 2.86. The van der Waals surface area contributed by atoms with Crippen LogP contribution in [0.4, 0.5) is 5.69 Å². The third kappa shape index (κ3) is 5.28. The second-order valence-electron chi connectivity index (χ2n) is 5.11. The van der Waals surface area contributed by atoms with E-state index in [9.17, 15) is 4.79 Å². The van der Waals surface area contributed by atoms with Crippen LogP contribution in [0.25, 0.3) is 0 Å². The van der Waals surface area contributed by atoms with Gasteiger partial charge in [0.1, 0.15) is 23.9 Å². The van der Waals surface area contributed by atoms with Crippen LogP contribution >= 0.6 is 0 Å². The van der Waals surface area contributed by atoms with E-state index in [2.05, 4.69) is 11.9 Å². The fraction of sp³-hybridized carbons (Fsp3) is 0.250. The average Bonchev–Trinajstić information content (AvgIpc) is 2.61. The summed E-state index contributed by atoms with van der Waals surface area (Å²) in [6.07, 6.45) is 1.67. The molecule has 2 aromatic carbocycles. The quantitative estimate of drug-likeness (QED) is 0.691. The minimum Gasteiger partial charge on any atom is -0.494 e. The summed E-state index contributed by atoms with van der Waals surface area (Å²) >= 11 is 0. The molecule has 0 spiro atoms. The Bertz CT molecular complexity index is 727. The van der Waals surface area contributed by atoms with Gasteiger partial charge in [0.25, 0.3) is 5.91 Å². The van der Waals surface area contributed by atoms with Gasteiger partial charge in [-0.1, -0.05) is 18.7 Å². The number of ether oxygens (including phenoxy) is 3. The normalized spacial score (nSPS) is 10.0. The monoisotopic (exact) mass is 341 g/mol. The van der Waals surface area contributed by atoms with E-state index >= 15 is 0 Å². The molecule has 1 amide bonds. The number of carbonyl (C=O) groups is 1. The number of anilines is 1. The molecule has 5 nitrogen and oxygen atoms in total. The zero-order chi connectivity index (χ0) is 18.1. The highest BCUT2D eigenvalue weighted by Gasteiger charge is 2.14. The molecule has 0 bridgehead atoms. The standard InChI is InChI=1S/C20H23NO4/c1-4-12-25-16-9-7-8-15(13-16)21-20(22)18-11-10-17(23-5-2)14-19(18)24-6-3/h4,7-11,13-14H,1,5-6,12H2,2-3H3,(H,21,22). The molecule has 0 aromatic heterocycles. The molecule has 0 heterocycles. The molecule has 0 radical (unpaired) electrons. The van der Waals surface area contributed by atoms with E-state index < -0.39 is 0 Å². The first-order chi connectivity index (χ1) is 12.2. The Balaban J connectivity index is 2.18. The molecule has 0 aliphatic carbocycles. The van der Waals surface area contributed by atoms with Crippen molar-refractivity contribution in [3.63, 3.8) is 0 Å². The molecule has 0 saturated carbocycles. The summed E-state index contributed by atoms with van der Waals surface area (Å²) in [5.74, 6) is 1.56. The molecule has 0 atom stereocenters. The summed E-state index contributed by atoms with van der Waals surface area (Å²) in [7, 11) is 0. The van der Waals surface area contributed by atoms with Crippen LogP contribution in [0.5, 0.6) is 17.2 Å². The van der Waals surface area contributed by atoms with Crippen LogP contribution in [0.15, 0.2) is 55.1 Å². The topological polar surface area (TPSA) is 56.8 Å². The van der Waals surface area contributed by atoms with Crippen molar-refractivity contribution in [3.05, 3.63) is 60.7 Å². The predicted molar refractivity (Wildman–Crippen MR) is 98.9 cm³/mol. The molecule has 2 aromatic rings. The molecule has 25 heavy (non-hydrogen) atoms. The van der Waals surface area contributed by atoms with E-state index in [0.29, 0.717) is 48.3 Å². The minimum absolute atomic E-state index is 0.257. The third-order valence-corrected chi connectivity index (χ3v) is 3.27. The van der Waals surface area contributed by atoms with Gasteiger partial charge < -0.3 is 19.5 Å². The summed E-state index contributed by atoms with van der Waals surface area (Å²) in [4.78, 5) is 12.6. The number of hydrogen-bond donors (Lipinski definition) is 1. The maximum absolute atomic E-state index is 12.6. The molecular weight excluding hydrogens is 318 g/mol. The van der Waals surface area contributed by atoms with E-state index in [0.717, 1.165) is 0 Å². The Kier molecular flexibility index (Phi) is 6.89. The Morgan fingerprint density at radius 1 is 1.04 bits per heavy atom. The third-order valence-electron chi connectivity index (χ3n) is 3.27. The lowest BCUT2D eigenvalue weighted by molar-refractivity contribution is 0.102. The van der Waals surface area contributed by atoms with Crippen molar-refractivity contribution >= 4 is 11.6 Å². The van der Waals surface area contributed by atoms with Crippen molar-refractivity contribution in [2.45, 2.75) is 13.8 Å². The zero-order valence-corrected chi connectivity index (χ0v) is 14.6. The summed E-state index contributed by atoms with van der Waals surface area (Å²) in [6.45, 7) is 8.81. The van der Waals surface area contributed by atoms with Gasteiger partial charge in [-0.05, 0) is 38.1 Å². The molecule has 5 heteroatoms. The molecule has 0 saturated heterocycles. The van der Waals surface area contributed by atoms with Gasteiger partial charge in [-0.3, -0.25) is 4.79 Å². The van der Waals surface area contributed by atoms with Crippen LogP contribution in [0.2, 0.25) is 0 Å². The summed E-state index contributed by atoms with van der Waals surface area (Å²) < 4.78 is 16.5. The number of rotatable bonds is 9. The van der Waals surface area contributed by atoms with Crippen molar-refractivity contribution in [3.8, 4) is 17.2 Å². The lowest BCUT2D eigenvalue weighted by Gasteiger charge is -2.13. The molecule has 0 unspecified atom stereocenters. The van der Waals surface area contributed by atoms with Crippen LogP contribution in [0, 0.1) is 0 Å². The first kappa shape index (κ1) is 18.4. The van der Waals surface area contributed by atoms with Gasteiger partial charge in [0.05, 0.1) is 18.8 Å². The lowest BCUT2D eigenvalue weighted by Crippen LogP contribution is -2.14. The number of amides is 1. The summed E-state index contributed by atoms with van der Waals surface area (Å²) in [6, 6.07) is 12.4. The highest BCUT2D eigenvalue weighted by Crippen LogP contribution is 2.26. The predicted octanol–water partition coefficient (Wildman–Crippen LogP) is 4.30. The molecular formula is C20H23NO4. The molecule has 0 fully saturated rings. The van der Waals surface area contributed by atoms with Crippen molar-refractivity contribution in [1.29, 1.82) is 0 Å². The van der Waals surface area contributed by atoms with Crippen LogP contribution in [-0.2, 0) is 0 Å². The highest BCUT2D eigenvalue weighted by molar-refractivity contribution is 6.06. The summed E-state index contributed by atoms with van der Waals surface area (Å²) in [5.41, 5.74) is 1.09. The maximum atomic E-state index is 12.6. The fourth-order valence-electron chi connectivity index (χ4n) is 2.24. The number of hydrogen-bond acceptors (Lipinski definition) is 4. The van der Waals surface area contributed by atoms with Crippen LogP contribution < -0.4 is 19.5 Å². The molecule has 0 aliphatic rings. The first-order valence-corrected chi connectivity index (χ1v) is 8.22. The van der Waals surface area contributed by atoms with Gasteiger partial charge >= 0.3 is 0 Å². The first-order valence-electron chi connectivity index (χ1n) is 8.22. The molecule has 2 rings (SSSR count). The SMILES string of the molecule is C=CCOc1cccc(NC(=O)c2ccc(OCC)cc2OCC)c1. The largest absolute Gasteiger partial charge is 0.494 e. The molecule has 0 aliphatic heterocycles. The second kappa shape index (κ2) is 9.37. The highest BCUT2D eigenvalue weighted by atomic mass is 16.5. The van der Waals surface area contributed by atoms with Crippen LogP contribution in [0.3, 0.4) is 0 Å². The van der Waals surface area contributed by atoms with Gasteiger partial charge in [-0.25, -0.2) is 0 Å². The number of carbonyl (C=O) groups excluding carboxylic acids is 1. The van der Waals surface area contributed by atoms with Crippen molar-refractivity contribution in [2.24, 2.45) is 0 Å². The van der Waals surface area contributed by atoms with Crippen LogP contribution in [0.1, 0.15) is 24.2 Å². The van der Waals surface area contributed by atoms with E-state index in [4.69, 9.17) is 14.2 Å². The smallest absolute Gasteiger partial charge is 0.259 e. The number of nitrogens with one attached hydrogen (secondary N) is 1. The fourth-order valence-corrected chi connectivity index (χ4v) is 2.24. The van der Waals surface area contributed by atoms with Gasteiger partial charge in [0.15, 0.2) is 0 Å². The second-order valence-corrected chi connectivity index (χ2v) is 5.11. The van der Waals surface area contributed by atoms with Gasteiger partial charge in [0, 0.05) is 17.8 Å². The van der Waals surface area contributed by atoms with E-state index in [1.807, 2.05) is 26.0 Å². The lowest BCUT2D eigenvalue weighted by atomic mass is 10.1. The van der Waals surface area contributed by atoms with Crippen LogP contribution in [-0.4, -0.2) is 25.7 Å². The van der Waals surface area contributed by atoms with Crippen molar-refractivity contribution in [1.82, 2.24) is 0 Å². The average molecular weight is 341 g/mol. The van der Waals surface area contributed by atoms with Gasteiger partial charge in [0.2, 0.25) is 0 Å². The number of benzene rings is 2. The Hall–Kier alpha value is -2.95. The Morgan fingerprint density at radius 3 is 2.52 bits per heavy atom. The van der Waals surface area contributed by atoms with E-state index in [1.165, 1.54) is 0 Å². The zero-order valence-electron chi connectivity index (χ0n) is 14.6. The minimum atomic E-state index is -0.257. The van der Waals surface area contributed by atoms with Gasteiger partial charge in [-0.2, -0.15) is 0 Å². The van der Waals surface area contributed by atoms with Gasteiger partial charge in [-0.15, -0.1) is 0 Å².